The predicted molar refractivity (Wildman–Crippen MR) is 66.5 cm³/mol. The fraction of sp³-hybridized carbons (Fsp3) is 0.143. The summed E-state index contributed by atoms with van der Waals surface area (Å²) >= 11 is 0. The molecule has 2 aromatic rings. The van der Waals surface area contributed by atoms with Gasteiger partial charge in [0.1, 0.15) is 18.2 Å². The van der Waals surface area contributed by atoms with Crippen LogP contribution in [-0.4, -0.2) is 0 Å². The van der Waals surface area contributed by atoms with Crippen molar-refractivity contribution in [2.24, 2.45) is 0 Å². The number of rotatable bonds is 4. The summed E-state index contributed by atoms with van der Waals surface area (Å²) in [4.78, 5) is 0. The van der Waals surface area contributed by atoms with Crippen LogP contribution in [0.3, 0.4) is 0 Å². The number of hydrogen-bond acceptors (Lipinski definition) is 2. The van der Waals surface area contributed by atoms with Crippen molar-refractivity contribution in [1.82, 2.24) is 0 Å². The Hall–Kier alpha value is -2.17. The number of nitrogen functional groups attached to an aromatic ring is 1. The molecule has 2 N–H and O–H groups in total. The molecular formula is C14H12F3NO. The molecule has 0 atom stereocenters. The molecule has 0 saturated heterocycles. The number of anilines is 1. The summed E-state index contributed by atoms with van der Waals surface area (Å²) in [5.74, 6) is -0.427. The number of nitrogens with two attached hydrogens (primary N) is 1. The van der Waals surface area contributed by atoms with Gasteiger partial charge in [-0.05, 0) is 24.3 Å². The van der Waals surface area contributed by atoms with Crippen molar-refractivity contribution in [3.63, 3.8) is 0 Å². The standard InChI is InChI=1S/C14H12F3NO/c15-12-4-2-1-3-9(12)8-19-13-6-5-10(18)7-11(13)14(16)17/h1-7,14H,8,18H2. The fourth-order valence-electron chi connectivity index (χ4n) is 1.64. The van der Waals surface area contributed by atoms with E-state index in [-0.39, 0.29) is 23.6 Å². The van der Waals surface area contributed by atoms with E-state index >= 15 is 0 Å². The van der Waals surface area contributed by atoms with Gasteiger partial charge < -0.3 is 10.5 Å². The first-order valence-electron chi connectivity index (χ1n) is 5.61. The summed E-state index contributed by atoms with van der Waals surface area (Å²) in [6.07, 6.45) is -2.70. The van der Waals surface area contributed by atoms with Crippen molar-refractivity contribution in [2.45, 2.75) is 13.0 Å². The van der Waals surface area contributed by atoms with Crippen LogP contribution >= 0.6 is 0 Å². The highest BCUT2D eigenvalue weighted by atomic mass is 19.3. The number of benzene rings is 2. The van der Waals surface area contributed by atoms with Gasteiger partial charge in [0.05, 0.1) is 5.56 Å². The summed E-state index contributed by atoms with van der Waals surface area (Å²) in [6.45, 7) is -0.115. The molecule has 0 unspecified atom stereocenters. The highest BCUT2D eigenvalue weighted by Gasteiger charge is 2.15. The van der Waals surface area contributed by atoms with Crippen LogP contribution in [0.1, 0.15) is 17.6 Å². The summed E-state index contributed by atoms with van der Waals surface area (Å²) in [5, 5.41) is 0. The average Bonchev–Trinajstić information content (AvgIpc) is 2.38. The monoisotopic (exact) mass is 267 g/mol. The smallest absolute Gasteiger partial charge is 0.267 e. The van der Waals surface area contributed by atoms with Gasteiger partial charge in [0.25, 0.3) is 6.43 Å². The Morgan fingerprint density at radius 1 is 1.11 bits per heavy atom. The second-order valence-electron chi connectivity index (χ2n) is 3.98. The lowest BCUT2D eigenvalue weighted by Crippen LogP contribution is -2.01. The van der Waals surface area contributed by atoms with Gasteiger partial charge in [-0.15, -0.1) is 0 Å². The van der Waals surface area contributed by atoms with Crippen molar-refractivity contribution in [2.75, 3.05) is 5.73 Å². The third-order valence-electron chi connectivity index (χ3n) is 2.61. The first kappa shape index (κ1) is 13.3. The van der Waals surface area contributed by atoms with Gasteiger partial charge in [-0.25, -0.2) is 13.2 Å². The Morgan fingerprint density at radius 2 is 1.84 bits per heavy atom. The van der Waals surface area contributed by atoms with Gasteiger partial charge >= 0.3 is 0 Å². The molecule has 0 fully saturated rings. The van der Waals surface area contributed by atoms with Gasteiger partial charge in [0.15, 0.2) is 0 Å². The molecule has 5 heteroatoms. The van der Waals surface area contributed by atoms with Gasteiger partial charge in [-0.2, -0.15) is 0 Å². The molecule has 0 saturated carbocycles. The molecule has 0 aliphatic carbocycles. The first-order chi connectivity index (χ1) is 9.08. The molecule has 0 heterocycles. The normalized spacial score (nSPS) is 10.7. The minimum absolute atomic E-state index is 0.00690. The molecule has 2 rings (SSSR count). The van der Waals surface area contributed by atoms with Crippen molar-refractivity contribution in [3.05, 3.63) is 59.4 Å². The van der Waals surface area contributed by atoms with Crippen LogP contribution in [-0.2, 0) is 6.61 Å². The largest absolute Gasteiger partial charge is 0.488 e. The number of hydrogen-bond donors (Lipinski definition) is 1. The molecule has 100 valence electrons. The van der Waals surface area contributed by atoms with E-state index in [0.717, 1.165) is 6.07 Å². The number of halogens is 3. The van der Waals surface area contributed by atoms with E-state index < -0.39 is 12.2 Å². The molecule has 0 amide bonds. The lowest BCUT2D eigenvalue weighted by atomic mass is 10.2. The van der Waals surface area contributed by atoms with Crippen LogP contribution < -0.4 is 10.5 Å². The summed E-state index contributed by atoms with van der Waals surface area (Å²) in [5.41, 5.74) is 5.69. The molecule has 2 aromatic carbocycles. The maximum atomic E-state index is 13.4. The highest BCUT2D eigenvalue weighted by molar-refractivity contribution is 5.48. The highest BCUT2D eigenvalue weighted by Crippen LogP contribution is 2.31. The summed E-state index contributed by atoms with van der Waals surface area (Å²) in [6, 6.07) is 10.00. The third-order valence-corrected chi connectivity index (χ3v) is 2.61. The molecule has 19 heavy (non-hydrogen) atoms. The van der Waals surface area contributed by atoms with E-state index in [0.29, 0.717) is 5.56 Å². The summed E-state index contributed by atoms with van der Waals surface area (Å²) < 4.78 is 44.2. The van der Waals surface area contributed by atoms with E-state index in [1.807, 2.05) is 0 Å². The zero-order valence-corrected chi connectivity index (χ0v) is 9.95. The van der Waals surface area contributed by atoms with E-state index in [4.69, 9.17) is 10.5 Å². The van der Waals surface area contributed by atoms with Crippen molar-refractivity contribution in [3.8, 4) is 5.75 Å². The molecule has 0 aromatic heterocycles. The Kier molecular flexibility index (Phi) is 3.94. The van der Waals surface area contributed by atoms with Gasteiger partial charge in [-0.3, -0.25) is 0 Å². The molecule has 0 spiro atoms. The Morgan fingerprint density at radius 3 is 2.53 bits per heavy atom. The van der Waals surface area contributed by atoms with Crippen LogP contribution in [0.25, 0.3) is 0 Å². The molecule has 0 bridgehead atoms. The quantitative estimate of drug-likeness (QED) is 0.852. The van der Waals surface area contributed by atoms with Crippen molar-refractivity contribution in [1.29, 1.82) is 0 Å². The topological polar surface area (TPSA) is 35.2 Å². The first-order valence-corrected chi connectivity index (χ1v) is 5.61. The second kappa shape index (κ2) is 5.65. The maximum absolute atomic E-state index is 13.4. The Labute approximate surface area is 108 Å². The number of alkyl halides is 2. The molecule has 2 nitrogen and oxygen atoms in total. The van der Waals surface area contributed by atoms with Gasteiger partial charge in [0, 0.05) is 11.3 Å². The minimum atomic E-state index is -2.70. The average molecular weight is 267 g/mol. The molecular weight excluding hydrogens is 255 g/mol. The lowest BCUT2D eigenvalue weighted by Gasteiger charge is -2.12. The predicted octanol–water partition coefficient (Wildman–Crippen LogP) is 3.92. The van der Waals surface area contributed by atoms with E-state index in [1.54, 1.807) is 12.1 Å². The Balaban J connectivity index is 2.18. The van der Waals surface area contributed by atoms with Gasteiger partial charge in [0.2, 0.25) is 0 Å². The van der Waals surface area contributed by atoms with Crippen LogP contribution in [0.2, 0.25) is 0 Å². The van der Waals surface area contributed by atoms with Crippen LogP contribution in [0.15, 0.2) is 42.5 Å². The zero-order chi connectivity index (χ0) is 13.8. The molecule has 0 aliphatic rings. The van der Waals surface area contributed by atoms with Crippen LogP contribution in [0, 0.1) is 5.82 Å². The fourth-order valence-corrected chi connectivity index (χ4v) is 1.64. The van der Waals surface area contributed by atoms with E-state index in [9.17, 15) is 13.2 Å². The summed E-state index contributed by atoms with van der Waals surface area (Å²) in [7, 11) is 0. The van der Waals surface area contributed by atoms with Crippen molar-refractivity contribution >= 4 is 5.69 Å². The SMILES string of the molecule is Nc1ccc(OCc2ccccc2F)c(C(F)F)c1. The van der Waals surface area contributed by atoms with Crippen LogP contribution in [0.5, 0.6) is 5.75 Å². The minimum Gasteiger partial charge on any atom is -0.488 e. The van der Waals surface area contributed by atoms with E-state index in [2.05, 4.69) is 0 Å². The lowest BCUT2D eigenvalue weighted by molar-refractivity contribution is 0.144. The van der Waals surface area contributed by atoms with Crippen LogP contribution in [0.4, 0.5) is 18.9 Å². The molecule has 0 aliphatic heterocycles. The second-order valence-corrected chi connectivity index (χ2v) is 3.98. The van der Waals surface area contributed by atoms with E-state index in [1.165, 1.54) is 24.3 Å². The van der Waals surface area contributed by atoms with Crippen molar-refractivity contribution < 1.29 is 17.9 Å². The maximum Gasteiger partial charge on any atom is 0.267 e. The Bertz CT molecular complexity index is 572. The third kappa shape index (κ3) is 3.19. The zero-order valence-electron chi connectivity index (χ0n) is 9.95. The molecule has 0 radical (unpaired) electrons. The van der Waals surface area contributed by atoms with Gasteiger partial charge in [-0.1, -0.05) is 18.2 Å². The number of ether oxygens (including phenoxy) is 1.